The topological polar surface area (TPSA) is 75.0 Å². The second-order valence-electron chi connectivity index (χ2n) is 6.27. The second kappa shape index (κ2) is 4.08. The highest BCUT2D eigenvalue weighted by atomic mass is 16.6. The molecule has 0 aliphatic carbocycles. The number of benzene rings is 3. The summed E-state index contributed by atoms with van der Waals surface area (Å²) < 4.78 is 4.98. The maximum absolute atomic E-state index is 12.5. The maximum Gasteiger partial charge on any atom is 0.347 e. The second-order valence-corrected chi connectivity index (χ2v) is 6.27. The Hall–Kier alpha value is -3.60. The largest absolute Gasteiger partial charge is 0.386 e. The first-order valence-electron chi connectivity index (χ1n) is 7.97. The summed E-state index contributed by atoms with van der Waals surface area (Å²) in [5.41, 5.74) is 4.18. The summed E-state index contributed by atoms with van der Waals surface area (Å²) in [6, 6.07) is 15.5. The van der Waals surface area contributed by atoms with Crippen LogP contribution in [0, 0.1) is 0 Å². The van der Waals surface area contributed by atoms with Gasteiger partial charge in [0.2, 0.25) is 0 Å². The van der Waals surface area contributed by atoms with Gasteiger partial charge in [-0.1, -0.05) is 36.4 Å². The summed E-state index contributed by atoms with van der Waals surface area (Å²) in [4.78, 5) is 31.7. The van der Waals surface area contributed by atoms with Gasteiger partial charge in [-0.05, 0) is 12.1 Å². The number of hydrogen-bond acceptors (Lipinski definition) is 3. The molecule has 1 aliphatic heterocycles. The van der Waals surface area contributed by atoms with E-state index in [1.54, 1.807) is 0 Å². The molecule has 1 aliphatic rings. The summed E-state index contributed by atoms with van der Waals surface area (Å²) in [6.45, 7) is 0. The Morgan fingerprint density at radius 1 is 0.640 bits per heavy atom. The number of nitrogens with one attached hydrogen (secondary N) is 2. The summed E-state index contributed by atoms with van der Waals surface area (Å²) >= 11 is 0. The molecule has 0 saturated heterocycles. The third-order valence-corrected chi connectivity index (χ3v) is 5.01. The first kappa shape index (κ1) is 12.8. The van der Waals surface area contributed by atoms with E-state index in [1.165, 1.54) is 0 Å². The highest BCUT2D eigenvalue weighted by molar-refractivity contribution is 6.36. The van der Waals surface area contributed by atoms with Crippen LogP contribution in [0.5, 0.6) is 0 Å². The van der Waals surface area contributed by atoms with Crippen molar-refractivity contribution in [3.8, 4) is 0 Å². The highest BCUT2D eigenvalue weighted by Gasteiger charge is 2.36. The van der Waals surface area contributed by atoms with Crippen molar-refractivity contribution in [1.82, 2.24) is 9.97 Å². The first-order valence-corrected chi connectivity index (χ1v) is 7.97. The third kappa shape index (κ3) is 1.39. The van der Waals surface area contributed by atoms with E-state index in [4.69, 9.17) is 4.74 Å². The first-order chi connectivity index (χ1) is 12.2. The third-order valence-electron chi connectivity index (χ3n) is 5.01. The van der Waals surface area contributed by atoms with Crippen molar-refractivity contribution < 1.29 is 14.3 Å². The molecule has 0 fully saturated rings. The Balaban J connectivity index is 2.04. The van der Waals surface area contributed by atoms with Crippen molar-refractivity contribution in [3.63, 3.8) is 0 Å². The molecule has 25 heavy (non-hydrogen) atoms. The van der Waals surface area contributed by atoms with Crippen molar-refractivity contribution >= 4 is 55.6 Å². The SMILES string of the molecule is O=C1OC(=O)c2c1c1c3ccccc3[nH]c1c1[nH]c3ccccc3c21. The van der Waals surface area contributed by atoms with Crippen molar-refractivity contribution in [2.45, 2.75) is 0 Å². The van der Waals surface area contributed by atoms with Crippen LogP contribution in [-0.4, -0.2) is 21.9 Å². The number of cyclic esters (lactones) is 2. The molecule has 0 unspecified atom stereocenters. The molecule has 0 spiro atoms. The molecular weight excluding hydrogens is 316 g/mol. The molecule has 118 valence electrons. The molecule has 0 saturated carbocycles. The van der Waals surface area contributed by atoms with Crippen LogP contribution < -0.4 is 0 Å². The van der Waals surface area contributed by atoms with Gasteiger partial charge in [-0.2, -0.15) is 0 Å². The molecule has 2 N–H and O–H groups in total. The lowest BCUT2D eigenvalue weighted by Gasteiger charge is -2.01. The standard InChI is InChI=1S/C20H10N2O3/c23-19-15-13-9-5-1-3-7-11(9)21-17(13)18-14(16(15)20(24)25-19)10-6-2-4-8-12(10)22-18/h1-8,21-22H. The van der Waals surface area contributed by atoms with Crippen molar-refractivity contribution in [2.24, 2.45) is 0 Å². The monoisotopic (exact) mass is 326 g/mol. The van der Waals surface area contributed by atoms with Crippen LogP contribution in [0.1, 0.15) is 20.7 Å². The fraction of sp³-hybridized carbons (Fsp3) is 0. The molecule has 6 rings (SSSR count). The van der Waals surface area contributed by atoms with Crippen LogP contribution in [0.3, 0.4) is 0 Å². The number of para-hydroxylation sites is 2. The zero-order valence-corrected chi connectivity index (χ0v) is 12.8. The van der Waals surface area contributed by atoms with E-state index in [-0.39, 0.29) is 0 Å². The number of aromatic amines is 2. The smallest absolute Gasteiger partial charge is 0.347 e. The Morgan fingerprint density at radius 3 is 1.56 bits per heavy atom. The predicted octanol–water partition coefficient (Wildman–Crippen LogP) is 4.27. The molecule has 5 aromatic rings. The van der Waals surface area contributed by atoms with Crippen LogP contribution in [0.2, 0.25) is 0 Å². The van der Waals surface area contributed by atoms with Crippen LogP contribution >= 0.6 is 0 Å². The van der Waals surface area contributed by atoms with Gasteiger partial charge < -0.3 is 14.7 Å². The minimum absolute atomic E-state index is 0.356. The maximum atomic E-state index is 12.5. The molecule has 3 aromatic carbocycles. The predicted molar refractivity (Wildman–Crippen MR) is 94.9 cm³/mol. The van der Waals surface area contributed by atoms with Crippen LogP contribution in [0.25, 0.3) is 43.6 Å². The van der Waals surface area contributed by atoms with E-state index in [1.807, 2.05) is 48.5 Å². The molecule has 0 radical (unpaired) electrons. The normalized spacial score (nSPS) is 14.1. The Morgan fingerprint density at radius 2 is 1.08 bits per heavy atom. The van der Waals surface area contributed by atoms with Crippen LogP contribution in [0.4, 0.5) is 0 Å². The number of carbonyl (C=O) groups excluding carboxylic acids is 2. The number of hydrogen-bond donors (Lipinski definition) is 2. The number of ether oxygens (including phenoxy) is 1. The number of aromatic nitrogens is 2. The van der Waals surface area contributed by atoms with Gasteiger partial charge in [0.05, 0.1) is 22.2 Å². The minimum Gasteiger partial charge on any atom is -0.386 e. The van der Waals surface area contributed by atoms with Crippen LogP contribution in [0.15, 0.2) is 48.5 Å². The summed E-state index contributed by atoms with van der Waals surface area (Å²) in [6.07, 6.45) is 0. The Kier molecular flexibility index (Phi) is 2.08. The summed E-state index contributed by atoms with van der Waals surface area (Å²) in [5, 5.41) is 3.28. The van der Waals surface area contributed by atoms with Gasteiger partial charge in [-0.3, -0.25) is 0 Å². The summed E-state index contributed by atoms with van der Waals surface area (Å²) in [7, 11) is 0. The number of H-pyrrole nitrogens is 2. The number of esters is 2. The molecule has 3 heterocycles. The lowest BCUT2D eigenvalue weighted by atomic mass is 9.97. The quantitative estimate of drug-likeness (QED) is 0.330. The van der Waals surface area contributed by atoms with E-state index < -0.39 is 11.9 Å². The number of carbonyl (C=O) groups is 2. The fourth-order valence-corrected chi connectivity index (χ4v) is 4.02. The van der Waals surface area contributed by atoms with Crippen molar-refractivity contribution in [1.29, 1.82) is 0 Å². The van der Waals surface area contributed by atoms with Crippen molar-refractivity contribution in [2.75, 3.05) is 0 Å². The molecule has 0 amide bonds. The van der Waals surface area contributed by atoms with Crippen LogP contribution in [-0.2, 0) is 4.74 Å². The lowest BCUT2D eigenvalue weighted by molar-refractivity contribution is 0.0445. The average Bonchev–Trinajstić information content (AvgIpc) is 3.26. The minimum atomic E-state index is -0.582. The molecule has 0 atom stereocenters. The zero-order chi connectivity index (χ0) is 16.7. The zero-order valence-electron chi connectivity index (χ0n) is 12.8. The molecule has 2 aromatic heterocycles. The average molecular weight is 326 g/mol. The van der Waals surface area contributed by atoms with Gasteiger partial charge >= 0.3 is 11.9 Å². The molecule has 0 bridgehead atoms. The van der Waals surface area contributed by atoms with E-state index >= 15 is 0 Å². The van der Waals surface area contributed by atoms with Gasteiger partial charge in [-0.15, -0.1) is 0 Å². The van der Waals surface area contributed by atoms with E-state index in [9.17, 15) is 9.59 Å². The highest BCUT2D eigenvalue weighted by Crippen LogP contribution is 2.42. The molecular formula is C20H10N2O3. The van der Waals surface area contributed by atoms with E-state index in [0.29, 0.717) is 11.1 Å². The molecule has 5 nitrogen and oxygen atoms in total. The van der Waals surface area contributed by atoms with Gasteiger partial charge in [0, 0.05) is 32.6 Å². The molecule has 5 heteroatoms. The van der Waals surface area contributed by atoms with Gasteiger partial charge in [0.15, 0.2) is 0 Å². The van der Waals surface area contributed by atoms with E-state index in [2.05, 4.69) is 9.97 Å². The number of fused-ring (bicyclic) bond motifs is 10. The van der Waals surface area contributed by atoms with Gasteiger partial charge in [-0.25, -0.2) is 9.59 Å². The Bertz CT molecular complexity index is 1300. The van der Waals surface area contributed by atoms with Crippen molar-refractivity contribution in [3.05, 3.63) is 59.7 Å². The fourth-order valence-electron chi connectivity index (χ4n) is 4.02. The summed E-state index contributed by atoms with van der Waals surface area (Å²) in [5.74, 6) is -1.16. The number of rotatable bonds is 0. The Labute approximate surface area is 140 Å². The van der Waals surface area contributed by atoms with Gasteiger partial charge in [0.25, 0.3) is 0 Å². The van der Waals surface area contributed by atoms with Gasteiger partial charge in [0.1, 0.15) is 0 Å². The van der Waals surface area contributed by atoms with E-state index in [0.717, 1.165) is 43.6 Å². The lowest BCUT2D eigenvalue weighted by Crippen LogP contribution is -1.97.